The second kappa shape index (κ2) is 6.12. The minimum absolute atomic E-state index is 0.414. The van der Waals surface area contributed by atoms with Gasteiger partial charge in [0.2, 0.25) is 5.88 Å². The molecule has 2 rings (SSSR count). The van der Waals surface area contributed by atoms with E-state index in [4.69, 9.17) is 4.74 Å². The molecule has 2 heterocycles. The molecule has 0 spiro atoms. The molecule has 1 atom stereocenters. The van der Waals surface area contributed by atoms with Crippen LogP contribution in [0.4, 0.5) is 0 Å². The Morgan fingerprint density at radius 3 is 2.79 bits per heavy atom. The lowest BCUT2D eigenvalue weighted by atomic mass is 10.2. The van der Waals surface area contributed by atoms with E-state index in [0.717, 1.165) is 17.4 Å². The van der Waals surface area contributed by atoms with Crippen LogP contribution in [0.25, 0.3) is 0 Å². The number of aryl methyl sites for hydroxylation is 1. The average Bonchev–Trinajstić information content (AvgIpc) is 2.80. The Bertz CT molecular complexity index is 541. The Kier molecular flexibility index (Phi) is 4.49. The number of aromatic nitrogens is 4. The van der Waals surface area contributed by atoms with Crippen LogP contribution in [0.5, 0.6) is 5.88 Å². The zero-order valence-electron chi connectivity index (χ0n) is 10.7. The molecule has 102 valence electrons. The highest BCUT2D eigenvalue weighted by Crippen LogP contribution is 2.27. The number of hydrogen-bond acceptors (Lipinski definition) is 5. The fraction of sp³-hybridized carbons (Fsp3) is 0.417. The minimum atomic E-state index is -0.873. The number of methoxy groups -OCH3 is 1. The van der Waals surface area contributed by atoms with Gasteiger partial charge in [-0.15, -0.1) is 10.2 Å². The Morgan fingerprint density at radius 1 is 1.42 bits per heavy atom. The minimum Gasteiger partial charge on any atom is -0.480 e. The Morgan fingerprint density at radius 2 is 2.21 bits per heavy atom. The highest BCUT2D eigenvalue weighted by atomic mass is 79.9. The van der Waals surface area contributed by atoms with Crippen LogP contribution < -0.4 is 4.74 Å². The van der Waals surface area contributed by atoms with Gasteiger partial charge in [-0.3, -0.25) is 4.68 Å². The molecular weight excluding hydrogens is 312 g/mol. The molecule has 0 aliphatic rings. The summed E-state index contributed by atoms with van der Waals surface area (Å²) in [6.45, 7) is 2.79. The van der Waals surface area contributed by atoms with Crippen molar-refractivity contribution in [2.24, 2.45) is 0 Å². The van der Waals surface area contributed by atoms with Crippen molar-refractivity contribution in [3.63, 3.8) is 0 Å². The number of aliphatic hydroxyl groups excluding tert-OH is 1. The van der Waals surface area contributed by atoms with E-state index in [0.29, 0.717) is 17.3 Å². The van der Waals surface area contributed by atoms with Crippen LogP contribution in [-0.4, -0.2) is 32.2 Å². The maximum absolute atomic E-state index is 10.4. The predicted octanol–water partition coefficient (Wildman–Crippen LogP) is 1.94. The topological polar surface area (TPSA) is 73.1 Å². The van der Waals surface area contributed by atoms with Crippen molar-refractivity contribution in [3.8, 4) is 5.88 Å². The quantitative estimate of drug-likeness (QED) is 0.908. The summed E-state index contributed by atoms with van der Waals surface area (Å²) in [5.74, 6) is 0.414. The van der Waals surface area contributed by atoms with Crippen LogP contribution in [0.1, 0.15) is 30.8 Å². The molecule has 0 aromatic carbocycles. The monoisotopic (exact) mass is 326 g/mol. The van der Waals surface area contributed by atoms with Gasteiger partial charge in [0, 0.05) is 12.6 Å². The van der Waals surface area contributed by atoms with E-state index in [1.54, 1.807) is 23.0 Å². The van der Waals surface area contributed by atoms with Gasteiger partial charge in [0.15, 0.2) is 0 Å². The van der Waals surface area contributed by atoms with Gasteiger partial charge in [0.05, 0.1) is 29.2 Å². The third kappa shape index (κ3) is 2.93. The number of rotatable bonds is 5. The summed E-state index contributed by atoms with van der Waals surface area (Å²) in [6.07, 6.45) is 1.73. The Labute approximate surface area is 119 Å². The number of nitrogens with zero attached hydrogens (tertiary/aromatic N) is 4. The molecule has 2 aromatic rings. The lowest BCUT2D eigenvalue weighted by Crippen LogP contribution is -2.12. The zero-order chi connectivity index (χ0) is 13.8. The summed E-state index contributed by atoms with van der Waals surface area (Å²) in [6, 6.07) is 3.35. The maximum Gasteiger partial charge on any atom is 0.233 e. The van der Waals surface area contributed by atoms with Crippen LogP contribution in [0, 0.1) is 0 Å². The predicted molar refractivity (Wildman–Crippen MR) is 72.9 cm³/mol. The standard InChI is InChI=1S/C12H15BrN4O2/c1-3-6-17-11(8(13)7-14-17)12(18)9-4-5-10(19-2)16-15-9/h4-5,7,12,18H,3,6H2,1-2H3. The molecule has 0 amide bonds. The third-order valence-electron chi connectivity index (χ3n) is 2.68. The van der Waals surface area contributed by atoms with Gasteiger partial charge in [-0.1, -0.05) is 6.92 Å². The van der Waals surface area contributed by atoms with Gasteiger partial charge in [0.1, 0.15) is 6.10 Å². The smallest absolute Gasteiger partial charge is 0.233 e. The molecule has 0 saturated heterocycles. The third-order valence-corrected chi connectivity index (χ3v) is 3.29. The Hall–Kier alpha value is -1.47. The van der Waals surface area contributed by atoms with Crippen molar-refractivity contribution >= 4 is 15.9 Å². The first-order valence-electron chi connectivity index (χ1n) is 5.94. The highest BCUT2D eigenvalue weighted by molar-refractivity contribution is 9.10. The molecule has 7 heteroatoms. The molecule has 0 fully saturated rings. The first-order chi connectivity index (χ1) is 9.17. The van der Waals surface area contributed by atoms with E-state index in [-0.39, 0.29) is 0 Å². The van der Waals surface area contributed by atoms with Crippen molar-refractivity contribution in [1.29, 1.82) is 0 Å². The van der Waals surface area contributed by atoms with Crippen LogP contribution in [-0.2, 0) is 6.54 Å². The highest BCUT2D eigenvalue weighted by Gasteiger charge is 2.21. The van der Waals surface area contributed by atoms with Crippen molar-refractivity contribution in [2.45, 2.75) is 26.0 Å². The van der Waals surface area contributed by atoms with Crippen LogP contribution in [0.15, 0.2) is 22.8 Å². The fourth-order valence-corrected chi connectivity index (χ4v) is 2.27. The fourth-order valence-electron chi connectivity index (χ4n) is 1.76. The summed E-state index contributed by atoms with van der Waals surface area (Å²) >= 11 is 3.40. The molecule has 0 bridgehead atoms. The summed E-state index contributed by atoms with van der Waals surface area (Å²) in [4.78, 5) is 0. The first-order valence-corrected chi connectivity index (χ1v) is 6.73. The lowest BCUT2D eigenvalue weighted by Gasteiger charge is -2.13. The molecule has 1 N–H and O–H groups in total. The van der Waals surface area contributed by atoms with E-state index in [1.807, 2.05) is 0 Å². The van der Waals surface area contributed by atoms with Crippen LogP contribution >= 0.6 is 15.9 Å². The molecular formula is C12H15BrN4O2. The second-order valence-corrected chi connectivity index (χ2v) is 4.86. The lowest BCUT2D eigenvalue weighted by molar-refractivity contribution is 0.200. The number of hydrogen-bond donors (Lipinski definition) is 1. The zero-order valence-corrected chi connectivity index (χ0v) is 12.3. The van der Waals surface area contributed by atoms with Gasteiger partial charge >= 0.3 is 0 Å². The molecule has 0 saturated carbocycles. The molecule has 0 aliphatic heterocycles. The van der Waals surface area contributed by atoms with Gasteiger partial charge in [0.25, 0.3) is 0 Å². The maximum atomic E-state index is 10.4. The van der Waals surface area contributed by atoms with Gasteiger partial charge in [-0.2, -0.15) is 5.10 Å². The first kappa shape index (κ1) is 14.0. The van der Waals surface area contributed by atoms with E-state index in [9.17, 15) is 5.11 Å². The van der Waals surface area contributed by atoms with Crippen molar-refractivity contribution in [2.75, 3.05) is 7.11 Å². The normalized spacial score (nSPS) is 12.4. The molecule has 6 nitrogen and oxygen atoms in total. The average molecular weight is 327 g/mol. The van der Waals surface area contributed by atoms with Crippen LogP contribution in [0.3, 0.4) is 0 Å². The van der Waals surface area contributed by atoms with E-state index in [1.165, 1.54) is 7.11 Å². The number of halogens is 1. The van der Waals surface area contributed by atoms with E-state index >= 15 is 0 Å². The molecule has 19 heavy (non-hydrogen) atoms. The second-order valence-electron chi connectivity index (χ2n) is 4.00. The SMILES string of the molecule is CCCn1ncc(Br)c1C(O)c1ccc(OC)nn1. The van der Waals surface area contributed by atoms with Gasteiger partial charge in [-0.05, 0) is 28.4 Å². The summed E-state index contributed by atoms with van der Waals surface area (Å²) in [7, 11) is 1.52. The molecule has 1 unspecified atom stereocenters. The van der Waals surface area contributed by atoms with Gasteiger partial charge < -0.3 is 9.84 Å². The molecule has 0 radical (unpaired) electrons. The largest absolute Gasteiger partial charge is 0.480 e. The van der Waals surface area contributed by atoms with E-state index < -0.39 is 6.10 Å². The van der Waals surface area contributed by atoms with E-state index in [2.05, 4.69) is 38.1 Å². The van der Waals surface area contributed by atoms with Crippen molar-refractivity contribution in [3.05, 3.63) is 34.2 Å². The van der Waals surface area contributed by atoms with Gasteiger partial charge in [-0.25, -0.2) is 0 Å². The number of ether oxygens (including phenoxy) is 1. The van der Waals surface area contributed by atoms with Crippen molar-refractivity contribution < 1.29 is 9.84 Å². The number of aliphatic hydroxyl groups is 1. The van der Waals surface area contributed by atoms with Crippen molar-refractivity contribution in [1.82, 2.24) is 20.0 Å². The Balaban J connectivity index is 2.31. The summed E-state index contributed by atoms with van der Waals surface area (Å²) < 4.78 is 7.46. The summed E-state index contributed by atoms with van der Waals surface area (Å²) in [5.41, 5.74) is 1.14. The molecule has 2 aromatic heterocycles. The summed E-state index contributed by atoms with van der Waals surface area (Å²) in [5, 5.41) is 22.4. The van der Waals surface area contributed by atoms with Crippen LogP contribution in [0.2, 0.25) is 0 Å². The molecule has 0 aliphatic carbocycles.